The van der Waals surface area contributed by atoms with Crippen LogP contribution in [-0.4, -0.2) is 19.4 Å². The molecule has 0 aliphatic heterocycles. The second kappa shape index (κ2) is 5.71. The number of carbonyl (C=O) groups excluding carboxylic acids is 1. The van der Waals surface area contributed by atoms with E-state index < -0.39 is 12.3 Å². The number of hydrogen-bond acceptors (Lipinski definition) is 3. The highest BCUT2D eigenvalue weighted by Gasteiger charge is 2.04. The molecule has 78 valence electrons. The number of carbonyl (C=O) groups is 1. The van der Waals surface area contributed by atoms with Crippen LogP contribution in [0.4, 0.5) is 4.79 Å². The van der Waals surface area contributed by atoms with Crippen molar-refractivity contribution >= 4 is 6.16 Å². The Morgan fingerprint density at radius 2 is 2.00 bits per heavy atom. The molecule has 1 aromatic rings. The Morgan fingerprint density at radius 1 is 1.33 bits per heavy atom. The van der Waals surface area contributed by atoms with Crippen molar-refractivity contribution in [1.82, 2.24) is 0 Å². The zero-order valence-corrected chi connectivity index (χ0v) is 8.69. The van der Waals surface area contributed by atoms with E-state index in [9.17, 15) is 4.79 Å². The highest BCUT2D eigenvalue weighted by Crippen LogP contribution is 1.97. The fourth-order valence-corrected chi connectivity index (χ4v) is 0.928. The van der Waals surface area contributed by atoms with Crippen molar-refractivity contribution in [3.8, 4) is 11.8 Å². The molecule has 1 atom stereocenters. The lowest BCUT2D eigenvalue weighted by Crippen LogP contribution is -2.12. The van der Waals surface area contributed by atoms with Crippen LogP contribution in [0.1, 0.15) is 12.5 Å². The van der Waals surface area contributed by atoms with Crippen molar-refractivity contribution in [2.75, 3.05) is 7.11 Å². The first-order valence-corrected chi connectivity index (χ1v) is 4.53. The highest BCUT2D eigenvalue weighted by molar-refractivity contribution is 5.60. The minimum absolute atomic E-state index is 0.474. The first-order valence-electron chi connectivity index (χ1n) is 4.53. The molecule has 0 unspecified atom stereocenters. The van der Waals surface area contributed by atoms with Gasteiger partial charge in [0.15, 0.2) is 6.10 Å². The van der Waals surface area contributed by atoms with Gasteiger partial charge in [-0.3, -0.25) is 0 Å². The monoisotopic (exact) mass is 204 g/mol. The van der Waals surface area contributed by atoms with E-state index in [4.69, 9.17) is 4.74 Å². The molecule has 1 aromatic carbocycles. The molecule has 3 nitrogen and oxygen atoms in total. The van der Waals surface area contributed by atoms with Crippen molar-refractivity contribution in [1.29, 1.82) is 0 Å². The molecular weight excluding hydrogens is 192 g/mol. The van der Waals surface area contributed by atoms with Gasteiger partial charge in [-0.25, -0.2) is 4.79 Å². The summed E-state index contributed by atoms with van der Waals surface area (Å²) in [7, 11) is 1.26. The minimum Gasteiger partial charge on any atom is -0.438 e. The molecule has 0 bridgehead atoms. The van der Waals surface area contributed by atoms with Crippen LogP contribution >= 0.6 is 0 Å². The van der Waals surface area contributed by atoms with E-state index in [0.29, 0.717) is 0 Å². The summed E-state index contributed by atoms with van der Waals surface area (Å²) >= 11 is 0. The third-order valence-corrected chi connectivity index (χ3v) is 1.63. The molecule has 0 fully saturated rings. The summed E-state index contributed by atoms with van der Waals surface area (Å²) in [5.41, 5.74) is 0.887. The van der Waals surface area contributed by atoms with E-state index in [0.717, 1.165) is 5.56 Å². The molecule has 1 rings (SSSR count). The van der Waals surface area contributed by atoms with Crippen molar-refractivity contribution in [2.24, 2.45) is 0 Å². The van der Waals surface area contributed by atoms with E-state index in [1.54, 1.807) is 6.92 Å². The summed E-state index contributed by atoms with van der Waals surface area (Å²) in [4.78, 5) is 10.7. The second-order valence-electron chi connectivity index (χ2n) is 2.85. The lowest BCUT2D eigenvalue weighted by Gasteiger charge is -2.04. The normalized spacial score (nSPS) is 10.8. The molecule has 0 radical (unpaired) electrons. The average Bonchev–Trinajstić information content (AvgIpc) is 2.27. The zero-order valence-electron chi connectivity index (χ0n) is 8.69. The number of hydrogen-bond donors (Lipinski definition) is 0. The van der Waals surface area contributed by atoms with Crippen LogP contribution < -0.4 is 0 Å². The van der Waals surface area contributed by atoms with E-state index >= 15 is 0 Å². The molecule has 3 heteroatoms. The number of rotatable bonds is 1. The molecular formula is C12H12O3. The highest BCUT2D eigenvalue weighted by atomic mass is 16.7. The molecule has 0 saturated carbocycles. The van der Waals surface area contributed by atoms with Gasteiger partial charge in [0.1, 0.15) is 0 Å². The molecule has 0 saturated heterocycles. The summed E-state index contributed by atoms with van der Waals surface area (Å²) < 4.78 is 9.13. The van der Waals surface area contributed by atoms with Crippen molar-refractivity contribution < 1.29 is 14.3 Å². The van der Waals surface area contributed by atoms with E-state index in [1.165, 1.54) is 7.11 Å². The molecule has 0 amide bonds. The quantitative estimate of drug-likeness (QED) is 0.519. The molecule has 0 aliphatic carbocycles. The van der Waals surface area contributed by atoms with E-state index in [-0.39, 0.29) is 0 Å². The maximum atomic E-state index is 10.7. The van der Waals surface area contributed by atoms with E-state index in [2.05, 4.69) is 16.6 Å². The Labute approximate surface area is 89.0 Å². The standard InChI is InChI=1S/C12H12O3/c1-10(15-12(13)14-2)8-9-11-6-4-3-5-7-11/h3-7,10H,1-2H3/t10-/m1/s1. The minimum atomic E-state index is -0.718. The number of benzene rings is 1. The largest absolute Gasteiger partial charge is 0.509 e. The van der Waals surface area contributed by atoms with Gasteiger partial charge in [0.05, 0.1) is 7.11 Å². The predicted octanol–water partition coefficient (Wildman–Crippen LogP) is 2.21. The summed E-state index contributed by atoms with van der Waals surface area (Å²) in [6, 6.07) is 9.49. The average molecular weight is 204 g/mol. The second-order valence-corrected chi connectivity index (χ2v) is 2.85. The van der Waals surface area contributed by atoms with Crippen LogP contribution in [0.2, 0.25) is 0 Å². The maximum Gasteiger partial charge on any atom is 0.509 e. The van der Waals surface area contributed by atoms with Crippen molar-refractivity contribution in [3.05, 3.63) is 35.9 Å². The Kier molecular flexibility index (Phi) is 4.24. The van der Waals surface area contributed by atoms with Gasteiger partial charge in [0.2, 0.25) is 0 Å². The first kappa shape index (κ1) is 11.1. The molecule has 0 aliphatic rings. The van der Waals surface area contributed by atoms with Gasteiger partial charge in [0, 0.05) is 5.56 Å². The Morgan fingerprint density at radius 3 is 2.60 bits per heavy atom. The van der Waals surface area contributed by atoms with Gasteiger partial charge >= 0.3 is 6.16 Å². The predicted molar refractivity (Wildman–Crippen MR) is 56.3 cm³/mol. The fourth-order valence-electron chi connectivity index (χ4n) is 0.928. The Hall–Kier alpha value is -1.95. The van der Waals surface area contributed by atoms with Crippen LogP contribution in [0.5, 0.6) is 0 Å². The zero-order chi connectivity index (χ0) is 11.1. The third kappa shape index (κ3) is 4.19. The van der Waals surface area contributed by atoms with Gasteiger partial charge in [-0.2, -0.15) is 0 Å². The third-order valence-electron chi connectivity index (χ3n) is 1.63. The molecule has 15 heavy (non-hydrogen) atoms. The molecule has 0 heterocycles. The number of ether oxygens (including phenoxy) is 2. The van der Waals surface area contributed by atoms with Gasteiger partial charge < -0.3 is 9.47 Å². The lowest BCUT2D eigenvalue weighted by atomic mass is 10.2. The maximum absolute atomic E-state index is 10.7. The molecule has 0 aromatic heterocycles. The summed E-state index contributed by atoms with van der Waals surface area (Å²) in [6.07, 6.45) is -1.19. The van der Waals surface area contributed by atoms with Gasteiger partial charge in [-0.1, -0.05) is 30.0 Å². The summed E-state index contributed by atoms with van der Waals surface area (Å²) in [5, 5.41) is 0. The van der Waals surface area contributed by atoms with Crippen LogP contribution in [0.25, 0.3) is 0 Å². The Bertz CT molecular complexity index is 373. The number of methoxy groups -OCH3 is 1. The summed E-state index contributed by atoms with van der Waals surface area (Å²) in [5.74, 6) is 5.68. The van der Waals surface area contributed by atoms with Crippen molar-refractivity contribution in [3.63, 3.8) is 0 Å². The van der Waals surface area contributed by atoms with Crippen LogP contribution in [-0.2, 0) is 9.47 Å². The van der Waals surface area contributed by atoms with E-state index in [1.807, 2.05) is 30.3 Å². The van der Waals surface area contributed by atoms with Crippen molar-refractivity contribution in [2.45, 2.75) is 13.0 Å². The first-order chi connectivity index (χ1) is 7.22. The lowest BCUT2D eigenvalue weighted by molar-refractivity contribution is 0.0604. The topological polar surface area (TPSA) is 35.5 Å². The fraction of sp³-hybridized carbons (Fsp3) is 0.250. The van der Waals surface area contributed by atoms with Gasteiger partial charge in [-0.15, -0.1) is 0 Å². The van der Waals surface area contributed by atoms with Crippen LogP contribution in [0.15, 0.2) is 30.3 Å². The van der Waals surface area contributed by atoms with Gasteiger partial charge in [-0.05, 0) is 19.1 Å². The van der Waals surface area contributed by atoms with Crippen LogP contribution in [0.3, 0.4) is 0 Å². The SMILES string of the molecule is COC(=O)O[C@H](C)C#Cc1ccccc1. The van der Waals surface area contributed by atoms with Gasteiger partial charge in [0.25, 0.3) is 0 Å². The summed E-state index contributed by atoms with van der Waals surface area (Å²) in [6.45, 7) is 1.69. The molecule has 0 N–H and O–H groups in total. The van der Waals surface area contributed by atoms with Crippen LogP contribution in [0, 0.1) is 11.8 Å². The smallest absolute Gasteiger partial charge is 0.438 e. The Balaban J connectivity index is 2.55. The molecule has 0 spiro atoms.